The molecule has 0 amide bonds. The van der Waals surface area contributed by atoms with Crippen LogP contribution in [0.1, 0.15) is 0 Å². The summed E-state index contributed by atoms with van der Waals surface area (Å²) in [6.45, 7) is 0. The van der Waals surface area contributed by atoms with Gasteiger partial charge >= 0.3 is 6.01 Å². The van der Waals surface area contributed by atoms with E-state index in [0.717, 1.165) is 0 Å². The van der Waals surface area contributed by atoms with Crippen molar-refractivity contribution in [3.05, 3.63) is 18.6 Å². The first-order chi connectivity index (χ1) is 6.81. The number of nitrogens with two attached hydrogens (primary N) is 1. The lowest BCUT2D eigenvalue weighted by Gasteiger charge is -1.98. The number of ether oxygens (including phenoxy) is 1. The zero-order valence-electron chi connectivity index (χ0n) is 7.45. The molecule has 2 aromatic rings. The molecule has 7 heteroatoms. The molecule has 0 saturated heterocycles. The van der Waals surface area contributed by atoms with Crippen LogP contribution >= 0.6 is 0 Å². The summed E-state index contributed by atoms with van der Waals surface area (Å²) >= 11 is 0. The van der Waals surface area contributed by atoms with Gasteiger partial charge in [0.2, 0.25) is 5.95 Å². The van der Waals surface area contributed by atoms with Gasteiger partial charge in [0, 0.05) is 12.3 Å². The van der Waals surface area contributed by atoms with E-state index in [0.29, 0.717) is 5.82 Å². The van der Waals surface area contributed by atoms with E-state index in [-0.39, 0.29) is 12.0 Å². The second kappa shape index (κ2) is 3.29. The summed E-state index contributed by atoms with van der Waals surface area (Å²) in [5, 5.41) is 3.97. The fourth-order valence-corrected chi connectivity index (χ4v) is 0.969. The molecule has 2 aromatic heterocycles. The highest BCUT2D eigenvalue weighted by Crippen LogP contribution is 2.11. The van der Waals surface area contributed by atoms with E-state index in [1.54, 1.807) is 12.3 Å². The predicted molar refractivity (Wildman–Crippen MR) is 47.9 cm³/mol. The van der Waals surface area contributed by atoms with Crippen LogP contribution in [0.2, 0.25) is 0 Å². The molecule has 0 fully saturated rings. The highest BCUT2D eigenvalue weighted by molar-refractivity contribution is 5.31. The van der Waals surface area contributed by atoms with Crippen molar-refractivity contribution in [2.75, 3.05) is 12.8 Å². The minimum atomic E-state index is 0.209. The van der Waals surface area contributed by atoms with Gasteiger partial charge in [0.05, 0.1) is 7.11 Å². The molecule has 72 valence electrons. The van der Waals surface area contributed by atoms with Gasteiger partial charge in [0.1, 0.15) is 6.33 Å². The molecule has 2 rings (SSSR count). The van der Waals surface area contributed by atoms with Crippen LogP contribution in [-0.2, 0) is 0 Å². The van der Waals surface area contributed by atoms with Gasteiger partial charge in [-0.3, -0.25) is 0 Å². The zero-order valence-corrected chi connectivity index (χ0v) is 7.45. The van der Waals surface area contributed by atoms with Crippen LogP contribution in [0.5, 0.6) is 6.01 Å². The summed E-state index contributed by atoms with van der Waals surface area (Å²) in [6.07, 6.45) is 3.00. The lowest BCUT2D eigenvalue weighted by atomic mass is 10.6. The number of hydrogen-bond acceptors (Lipinski definition) is 6. The average Bonchev–Trinajstić information content (AvgIpc) is 2.61. The Kier molecular flexibility index (Phi) is 1.98. The second-order valence-corrected chi connectivity index (χ2v) is 2.44. The van der Waals surface area contributed by atoms with Crippen molar-refractivity contribution in [1.82, 2.24) is 24.7 Å². The molecule has 0 aliphatic carbocycles. The second-order valence-electron chi connectivity index (χ2n) is 2.44. The Hall–Kier alpha value is -2.18. The van der Waals surface area contributed by atoms with Gasteiger partial charge in [-0.15, -0.1) is 5.10 Å². The number of rotatable bonds is 2. The molecule has 0 atom stereocenters. The molecule has 0 aliphatic heterocycles. The fraction of sp³-hybridized carbons (Fsp3) is 0.143. The summed E-state index contributed by atoms with van der Waals surface area (Å²) < 4.78 is 6.21. The Bertz CT molecular complexity index is 425. The monoisotopic (exact) mass is 192 g/mol. The number of nitrogen functional groups attached to an aromatic ring is 1. The highest BCUT2D eigenvalue weighted by atomic mass is 16.5. The lowest BCUT2D eigenvalue weighted by Crippen LogP contribution is -2.04. The van der Waals surface area contributed by atoms with Gasteiger partial charge in [-0.05, 0) is 0 Å². The maximum atomic E-state index is 5.60. The Labute approximate surface area is 79.6 Å². The Morgan fingerprint density at radius 2 is 2.36 bits per heavy atom. The van der Waals surface area contributed by atoms with Crippen LogP contribution in [-0.4, -0.2) is 31.8 Å². The smallest absolute Gasteiger partial charge is 0.337 e. The van der Waals surface area contributed by atoms with Crippen molar-refractivity contribution >= 4 is 5.95 Å². The summed E-state index contributed by atoms with van der Waals surface area (Å²) in [7, 11) is 1.47. The van der Waals surface area contributed by atoms with Crippen molar-refractivity contribution in [2.45, 2.75) is 0 Å². The first kappa shape index (κ1) is 8.42. The van der Waals surface area contributed by atoms with E-state index in [4.69, 9.17) is 10.5 Å². The standard InChI is InChI=1S/C7H8N6O/c1-14-7-11-6(8)13(12-7)5-2-3-9-4-10-5/h2-4H,1H3,(H2,8,11,12). The van der Waals surface area contributed by atoms with Gasteiger partial charge in [0.25, 0.3) is 0 Å². The molecule has 0 saturated carbocycles. The minimum absolute atomic E-state index is 0.209. The third-order valence-corrected chi connectivity index (χ3v) is 1.58. The lowest BCUT2D eigenvalue weighted by molar-refractivity contribution is 0.379. The van der Waals surface area contributed by atoms with Crippen LogP contribution in [0.25, 0.3) is 5.82 Å². The number of anilines is 1. The summed E-state index contributed by atoms with van der Waals surface area (Å²) in [6, 6.07) is 1.88. The topological polar surface area (TPSA) is 91.7 Å². The molecule has 2 heterocycles. The van der Waals surface area contributed by atoms with Crippen molar-refractivity contribution in [3.8, 4) is 11.8 Å². The van der Waals surface area contributed by atoms with Crippen molar-refractivity contribution in [2.24, 2.45) is 0 Å². The SMILES string of the molecule is COc1nc(N)n(-c2ccncn2)n1. The molecular weight excluding hydrogens is 184 g/mol. The van der Waals surface area contributed by atoms with E-state index < -0.39 is 0 Å². The van der Waals surface area contributed by atoms with Crippen LogP contribution in [0.4, 0.5) is 5.95 Å². The Morgan fingerprint density at radius 1 is 1.50 bits per heavy atom. The quantitative estimate of drug-likeness (QED) is 0.699. The fourth-order valence-electron chi connectivity index (χ4n) is 0.969. The Balaban J connectivity index is 2.46. The van der Waals surface area contributed by atoms with E-state index in [2.05, 4.69) is 20.1 Å². The summed E-state index contributed by atoms with van der Waals surface area (Å²) in [4.78, 5) is 11.6. The first-order valence-corrected chi connectivity index (χ1v) is 3.84. The van der Waals surface area contributed by atoms with Crippen LogP contribution in [0.15, 0.2) is 18.6 Å². The van der Waals surface area contributed by atoms with E-state index in [9.17, 15) is 0 Å². The maximum absolute atomic E-state index is 5.60. The van der Waals surface area contributed by atoms with Crippen LogP contribution in [0.3, 0.4) is 0 Å². The van der Waals surface area contributed by atoms with Gasteiger partial charge in [0.15, 0.2) is 5.82 Å². The predicted octanol–water partition coefficient (Wildman–Crippen LogP) is -0.352. The van der Waals surface area contributed by atoms with Gasteiger partial charge in [-0.1, -0.05) is 0 Å². The molecule has 0 radical (unpaired) electrons. The molecular formula is C7H8N6O. The molecule has 0 aliphatic rings. The van der Waals surface area contributed by atoms with Gasteiger partial charge < -0.3 is 10.5 Å². The third kappa shape index (κ3) is 1.35. The number of methoxy groups -OCH3 is 1. The highest BCUT2D eigenvalue weighted by Gasteiger charge is 2.08. The largest absolute Gasteiger partial charge is 0.466 e. The van der Waals surface area contributed by atoms with E-state index >= 15 is 0 Å². The van der Waals surface area contributed by atoms with Crippen molar-refractivity contribution < 1.29 is 4.74 Å². The van der Waals surface area contributed by atoms with E-state index in [1.807, 2.05) is 0 Å². The number of hydrogen-bond donors (Lipinski definition) is 1. The molecule has 14 heavy (non-hydrogen) atoms. The summed E-state index contributed by atoms with van der Waals surface area (Å²) in [5.74, 6) is 0.772. The normalized spacial score (nSPS) is 10.1. The van der Waals surface area contributed by atoms with Crippen LogP contribution in [0, 0.1) is 0 Å². The average molecular weight is 192 g/mol. The zero-order chi connectivity index (χ0) is 9.97. The first-order valence-electron chi connectivity index (χ1n) is 3.84. The van der Waals surface area contributed by atoms with Crippen molar-refractivity contribution in [3.63, 3.8) is 0 Å². The molecule has 2 N–H and O–H groups in total. The number of aromatic nitrogens is 5. The minimum Gasteiger partial charge on any atom is -0.466 e. The number of nitrogens with zero attached hydrogens (tertiary/aromatic N) is 5. The molecule has 0 spiro atoms. The molecule has 7 nitrogen and oxygen atoms in total. The molecule has 0 unspecified atom stereocenters. The molecule has 0 bridgehead atoms. The van der Waals surface area contributed by atoms with Crippen LogP contribution < -0.4 is 10.5 Å². The van der Waals surface area contributed by atoms with Crippen molar-refractivity contribution in [1.29, 1.82) is 0 Å². The van der Waals surface area contributed by atoms with Gasteiger partial charge in [-0.25, -0.2) is 9.97 Å². The third-order valence-electron chi connectivity index (χ3n) is 1.58. The summed E-state index contributed by atoms with van der Waals surface area (Å²) in [5.41, 5.74) is 5.60. The molecule has 0 aromatic carbocycles. The Morgan fingerprint density at radius 3 is 2.93 bits per heavy atom. The maximum Gasteiger partial charge on any atom is 0.337 e. The van der Waals surface area contributed by atoms with E-state index in [1.165, 1.54) is 18.1 Å². The van der Waals surface area contributed by atoms with Gasteiger partial charge in [-0.2, -0.15) is 9.67 Å².